The SMILES string of the molecule is O=C(O)c1ccccc1NN1CCCCC1. The molecule has 1 aromatic rings. The van der Waals surface area contributed by atoms with E-state index in [2.05, 4.69) is 10.4 Å². The average Bonchev–Trinajstić information content (AvgIpc) is 2.31. The maximum Gasteiger partial charge on any atom is 0.337 e. The van der Waals surface area contributed by atoms with Gasteiger partial charge in [-0.3, -0.25) is 0 Å². The first-order chi connectivity index (χ1) is 7.77. The summed E-state index contributed by atoms with van der Waals surface area (Å²) in [5.74, 6) is -0.889. The van der Waals surface area contributed by atoms with E-state index in [-0.39, 0.29) is 0 Å². The number of carbonyl (C=O) groups is 1. The van der Waals surface area contributed by atoms with E-state index >= 15 is 0 Å². The minimum absolute atomic E-state index is 0.327. The van der Waals surface area contributed by atoms with Crippen LogP contribution in [0.3, 0.4) is 0 Å². The molecule has 1 heterocycles. The Bertz CT molecular complexity index is 373. The van der Waals surface area contributed by atoms with Gasteiger partial charge in [0.05, 0.1) is 11.3 Å². The fourth-order valence-corrected chi connectivity index (χ4v) is 1.94. The molecule has 1 aliphatic heterocycles. The Morgan fingerprint density at radius 2 is 1.88 bits per heavy atom. The monoisotopic (exact) mass is 220 g/mol. The standard InChI is InChI=1S/C12H16N2O2/c15-12(16)10-6-2-3-7-11(10)13-14-8-4-1-5-9-14/h2-3,6-7,13H,1,4-5,8-9H2,(H,15,16). The normalized spacial score (nSPS) is 17.0. The molecule has 0 bridgehead atoms. The summed E-state index contributed by atoms with van der Waals surface area (Å²) in [4.78, 5) is 11.0. The van der Waals surface area contributed by atoms with Crippen molar-refractivity contribution < 1.29 is 9.90 Å². The largest absolute Gasteiger partial charge is 0.478 e. The van der Waals surface area contributed by atoms with Crippen LogP contribution in [-0.2, 0) is 0 Å². The van der Waals surface area contributed by atoms with E-state index in [9.17, 15) is 4.79 Å². The Hall–Kier alpha value is -1.55. The van der Waals surface area contributed by atoms with Crippen molar-refractivity contribution in [1.29, 1.82) is 0 Å². The van der Waals surface area contributed by atoms with Crippen molar-refractivity contribution in [2.24, 2.45) is 0 Å². The molecule has 1 aliphatic rings. The average molecular weight is 220 g/mol. The van der Waals surface area contributed by atoms with Gasteiger partial charge in [0.15, 0.2) is 0 Å². The van der Waals surface area contributed by atoms with Gasteiger partial charge in [-0.25, -0.2) is 9.80 Å². The van der Waals surface area contributed by atoms with E-state index in [1.165, 1.54) is 19.3 Å². The van der Waals surface area contributed by atoms with Crippen LogP contribution in [0.5, 0.6) is 0 Å². The molecule has 1 fully saturated rings. The first-order valence-corrected chi connectivity index (χ1v) is 5.61. The summed E-state index contributed by atoms with van der Waals surface area (Å²) in [6.07, 6.45) is 3.60. The van der Waals surface area contributed by atoms with Crippen molar-refractivity contribution >= 4 is 11.7 Å². The summed E-state index contributed by atoms with van der Waals surface area (Å²) >= 11 is 0. The van der Waals surface area contributed by atoms with E-state index in [1.807, 2.05) is 6.07 Å². The van der Waals surface area contributed by atoms with Gasteiger partial charge in [0.2, 0.25) is 0 Å². The van der Waals surface area contributed by atoms with Gasteiger partial charge in [0, 0.05) is 13.1 Å². The van der Waals surface area contributed by atoms with Crippen molar-refractivity contribution in [2.45, 2.75) is 19.3 Å². The Morgan fingerprint density at radius 1 is 1.19 bits per heavy atom. The third kappa shape index (κ3) is 2.52. The predicted molar refractivity (Wildman–Crippen MR) is 62.4 cm³/mol. The number of aromatic carboxylic acids is 1. The summed E-state index contributed by atoms with van der Waals surface area (Å²) in [5, 5.41) is 11.1. The second-order valence-corrected chi connectivity index (χ2v) is 4.01. The number of piperidine rings is 1. The van der Waals surface area contributed by atoms with Gasteiger partial charge in [-0.2, -0.15) is 0 Å². The van der Waals surface area contributed by atoms with Crippen molar-refractivity contribution in [3.63, 3.8) is 0 Å². The number of carboxylic acids is 1. The maximum absolute atomic E-state index is 11.0. The quantitative estimate of drug-likeness (QED) is 0.820. The van der Waals surface area contributed by atoms with Crippen LogP contribution < -0.4 is 5.43 Å². The lowest BCUT2D eigenvalue weighted by atomic mass is 10.1. The topological polar surface area (TPSA) is 52.6 Å². The lowest BCUT2D eigenvalue weighted by molar-refractivity contribution is 0.0697. The zero-order chi connectivity index (χ0) is 11.4. The van der Waals surface area contributed by atoms with Crippen molar-refractivity contribution in [3.05, 3.63) is 29.8 Å². The minimum Gasteiger partial charge on any atom is -0.478 e. The van der Waals surface area contributed by atoms with E-state index in [0.717, 1.165) is 13.1 Å². The third-order valence-electron chi connectivity index (χ3n) is 2.79. The molecule has 4 nitrogen and oxygen atoms in total. The molecule has 0 amide bonds. The summed E-state index contributed by atoms with van der Waals surface area (Å²) in [6, 6.07) is 7.01. The molecular weight excluding hydrogens is 204 g/mol. The van der Waals surface area contributed by atoms with Crippen LogP contribution in [-0.4, -0.2) is 29.2 Å². The number of nitrogens with one attached hydrogen (secondary N) is 1. The van der Waals surface area contributed by atoms with E-state index in [4.69, 9.17) is 5.11 Å². The molecule has 1 saturated heterocycles. The Morgan fingerprint density at radius 3 is 2.56 bits per heavy atom. The number of carboxylic acid groups (broad SMARTS) is 1. The number of hydrogen-bond donors (Lipinski definition) is 2. The number of anilines is 1. The molecule has 1 aromatic carbocycles. The first kappa shape index (κ1) is 11.0. The van der Waals surface area contributed by atoms with Gasteiger partial charge in [-0.05, 0) is 25.0 Å². The number of rotatable bonds is 3. The maximum atomic E-state index is 11.0. The van der Waals surface area contributed by atoms with Crippen molar-refractivity contribution in [3.8, 4) is 0 Å². The number of hydrogen-bond acceptors (Lipinski definition) is 3. The van der Waals surface area contributed by atoms with Crippen LogP contribution >= 0.6 is 0 Å². The molecule has 0 radical (unpaired) electrons. The molecule has 0 unspecified atom stereocenters. The van der Waals surface area contributed by atoms with Crippen LogP contribution in [0, 0.1) is 0 Å². The summed E-state index contributed by atoms with van der Waals surface area (Å²) < 4.78 is 0. The van der Waals surface area contributed by atoms with Crippen molar-refractivity contribution in [1.82, 2.24) is 5.01 Å². The minimum atomic E-state index is -0.889. The van der Waals surface area contributed by atoms with E-state index in [0.29, 0.717) is 11.3 Å². The summed E-state index contributed by atoms with van der Waals surface area (Å²) in [6.45, 7) is 1.96. The molecular formula is C12H16N2O2. The molecule has 0 atom stereocenters. The lowest BCUT2D eigenvalue weighted by Crippen LogP contribution is -2.35. The highest BCUT2D eigenvalue weighted by atomic mass is 16.4. The van der Waals surface area contributed by atoms with Crippen LogP contribution in [0.25, 0.3) is 0 Å². The predicted octanol–water partition coefficient (Wildman–Crippen LogP) is 2.20. The lowest BCUT2D eigenvalue weighted by Gasteiger charge is -2.28. The number of benzene rings is 1. The van der Waals surface area contributed by atoms with E-state index < -0.39 is 5.97 Å². The highest BCUT2D eigenvalue weighted by Crippen LogP contribution is 2.17. The molecule has 0 saturated carbocycles. The van der Waals surface area contributed by atoms with E-state index in [1.54, 1.807) is 18.2 Å². The summed E-state index contributed by atoms with van der Waals surface area (Å²) in [7, 11) is 0. The number of para-hydroxylation sites is 1. The van der Waals surface area contributed by atoms with Crippen LogP contribution in [0.15, 0.2) is 24.3 Å². The number of nitrogens with zero attached hydrogens (tertiary/aromatic N) is 1. The zero-order valence-corrected chi connectivity index (χ0v) is 9.15. The number of hydrazine groups is 1. The zero-order valence-electron chi connectivity index (χ0n) is 9.15. The first-order valence-electron chi connectivity index (χ1n) is 5.61. The highest BCUT2D eigenvalue weighted by molar-refractivity contribution is 5.94. The molecule has 4 heteroatoms. The van der Waals surface area contributed by atoms with Crippen LogP contribution in [0.1, 0.15) is 29.6 Å². The van der Waals surface area contributed by atoms with Gasteiger partial charge < -0.3 is 10.5 Å². The smallest absolute Gasteiger partial charge is 0.337 e. The molecule has 2 N–H and O–H groups in total. The Balaban J connectivity index is 2.10. The van der Waals surface area contributed by atoms with Crippen LogP contribution in [0.4, 0.5) is 5.69 Å². The molecule has 0 aliphatic carbocycles. The van der Waals surface area contributed by atoms with Gasteiger partial charge >= 0.3 is 5.97 Å². The van der Waals surface area contributed by atoms with Crippen LogP contribution in [0.2, 0.25) is 0 Å². The van der Waals surface area contributed by atoms with Gasteiger partial charge in [-0.1, -0.05) is 18.6 Å². The second kappa shape index (κ2) is 4.99. The molecule has 0 spiro atoms. The Kier molecular flexibility index (Phi) is 3.41. The molecule has 16 heavy (non-hydrogen) atoms. The van der Waals surface area contributed by atoms with Gasteiger partial charge in [-0.15, -0.1) is 0 Å². The molecule has 86 valence electrons. The fourth-order valence-electron chi connectivity index (χ4n) is 1.94. The van der Waals surface area contributed by atoms with Crippen molar-refractivity contribution in [2.75, 3.05) is 18.5 Å². The second-order valence-electron chi connectivity index (χ2n) is 4.01. The van der Waals surface area contributed by atoms with Gasteiger partial charge in [0.1, 0.15) is 0 Å². The Labute approximate surface area is 94.9 Å². The van der Waals surface area contributed by atoms with Gasteiger partial charge in [0.25, 0.3) is 0 Å². The summed E-state index contributed by atoms with van der Waals surface area (Å²) in [5.41, 5.74) is 4.19. The highest BCUT2D eigenvalue weighted by Gasteiger charge is 2.13. The molecule has 2 rings (SSSR count). The molecule has 0 aromatic heterocycles. The fraction of sp³-hybridized carbons (Fsp3) is 0.417. The third-order valence-corrected chi connectivity index (χ3v) is 2.79.